The molecule has 2 heterocycles. The van der Waals surface area contributed by atoms with Crippen molar-refractivity contribution >= 4 is 15.9 Å². The lowest BCUT2D eigenvalue weighted by molar-refractivity contribution is 0.206. The fourth-order valence-electron chi connectivity index (χ4n) is 2.94. The fraction of sp³-hybridized carbons (Fsp3) is 0.471. The van der Waals surface area contributed by atoms with Crippen LogP contribution in [0.2, 0.25) is 0 Å². The number of halogens is 1. The summed E-state index contributed by atoms with van der Waals surface area (Å²) in [6, 6.07) is 11.0. The Hall–Kier alpha value is -1.13. The first-order valence-electron chi connectivity index (χ1n) is 7.58. The Bertz CT molecular complexity index is 608. The second-order valence-corrected chi connectivity index (χ2v) is 6.98. The van der Waals surface area contributed by atoms with Crippen molar-refractivity contribution in [1.29, 1.82) is 0 Å². The zero-order valence-electron chi connectivity index (χ0n) is 12.6. The second kappa shape index (κ2) is 6.32. The van der Waals surface area contributed by atoms with E-state index in [0.29, 0.717) is 12.0 Å². The van der Waals surface area contributed by atoms with Crippen LogP contribution < -0.4 is 0 Å². The van der Waals surface area contributed by atoms with E-state index in [-0.39, 0.29) is 0 Å². The van der Waals surface area contributed by atoms with Gasteiger partial charge in [0.2, 0.25) is 0 Å². The van der Waals surface area contributed by atoms with Gasteiger partial charge in [0.1, 0.15) is 0 Å². The lowest BCUT2D eigenvalue weighted by Crippen LogP contribution is -2.22. The Labute approximate surface area is 134 Å². The third-order valence-corrected chi connectivity index (χ3v) is 4.60. The van der Waals surface area contributed by atoms with E-state index in [9.17, 15) is 0 Å². The Balaban J connectivity index is 1.75. The molecule has 1 aromatic heterocycles. The van der Waals surface area contributed by atoms with Gasteiger partial charge in [0.05, 0.1) is 11.7 Å². The van der Waals surface area contributed by atoms with Gasteiger partial charge in [-0.3, -0.25) is 4.90 Å². The lowest BCUT2D eigenvalue weighted by atomic mass is 10.1. The van der Waals surface area contributed by atoms with Gasteiger partial charge in [0.25, 0.3) is 0 Å². The van der Waals surface area contributed by atoms with E-state index in [2.05, 4.69) is 70.2 Å². The summed E-state index contributed by atoms with van der Waals surface area (Å²) in [5.41, 5.74) is 2.39. The maximum Gasteiger partial charge on any atom is 0.154 e. The molecule has 1 fully saturated rings. The van der Waals surface area contributed by atoms with E-state index >= 15 is 0 Å². The summed E-state index contributed by atoms with van der Waals surface area (Å²) < 4.78 is 6.74. The highest BCUT2D eigenvalue weighted by molar-refractivity contribution is 9.10. The van der Waals surface area contributed by atoms with Gasteiger partial charge in [-0.05, 0) is 43.0 Å². The van der Waals surface area contributed by atoms with E-state index in [1.165, 1.54) is 12.0 Å². The maximum absolute atomic E-state index is 5.60. The molecule has 0 saturated carbocycles. The molecule has 21 heavy (non-hydrogen) atoms. The summed E-state index contributed by atoms with van der Waals surface area (Å²) in [4.78, 5) is 2.49. The van der Waals surface area contributed by atoms with Crippen LogP contribution in [0, 0.1) is 0 Å². The summed E-state index contributed by atoms with van der Waals surface area (Å²) >= 11 is 3.54. The Morgan fingerprint density at radius 2 is 2.24 bits per heavy atom. The molecule has 0 spiro atoms. The van der Waals surface area contributed by atoms with Crippen molar-refractivity contribution in [1.82, 2.24) is 10.1 Å². The maximum atomic E-state index is 5.60. The van der Waals surface area contributed by atoms with Crippen molar-refractivity contribution in [3.05, 3.63) is 51.8 Å². The van der Waals surface area contributed by atoms with E-state index in [1.54, 1.807) is 0 Å². The molecule has 0 radical (unpaired) electrons. The summed E-state index contributed by atoms with van der Waals surface area (Å²) in [7, 11) is 0. The Morgan fingerprint density at radius 1 is 1.38 bits per heavy atom. The summed E-state index contributed by atoms with van der Waals surface area (Å²) in [5, 5.41) is 4.21. The Morgan fingerprint density at radius 3 is 2.95 bits per heavy atom. The number of rotatable bonds is 4. The molecule has 0 N–H and O–H groups in total. The first-order chi connectivity index (χ1) is 10.1. The molecule has 0 amide bonds. The van der Waals surface area contributed by atoms with Gasteiger partial charge in [-0.25, -0.2) is 0 Å². The molecule has 3 rings (SSSR count). The van der Waals surface area contributed by atoms with E-state index in [0.717, 1.165) is 35.4 Å². The smallest absolute Gasteiger partial charge is 0.154 e. The highest BCUT2D eigenvalue weighted by atomic mass is 79.9. The molecule has 1 aliphatic heterocycles. The number of hydrogen-bond donors (Lipinski definition) is 0. The first-order valence-corrected chi connectivity index (χ1v) is 8.38. The molecular weight excluding hydrogens is 328 g/mol. The van der Waals surface area contributed by atoms with Crippen LogP contribution >= 0.6 is 15.9 Å². The molecule has 0 unspecified atom stereocenters. The van der Waals surface area contributed by atoms with Crippen LogP contribution in [0.4, 0.5) is 0 Å². The van der Waals surface area contributed by atoms with Crippen LogP contribution in [-0.2, 0) is 6.54 Å². The average molecular weight is 349 g/mol. The monoisotopic (exact) mass is 348 g/mol. The van der Waals surface area contributed by atoms with Gasteiger partial charge in [0.15, 0.2) is 5.76 Å². The lowest BCUT2D eigenvalue weighted by Gasteiger charge is -2.22. The van der Waals surface area contributed by atoms with Gasteiger partial charge in [0, 0.05) is 17.1 Å². The minimum absolute atomic E-state index is 0.365. The van der Waals surface area contributed by atoms with Crippen LogP contribution in [0.1, 0.15) is 55.7 Å². The average Bonchev–Trinajstić information content (AvgIpc) is 3.06. The Kier molecular flexibility index (Phi) is 4.45. The summed E-state index contributed by atoms with van der Waals surface area (Å²) in [6.45, 7) is 6.38. The summed E-state index contributed by atoms with van der Waals surface area (Å²) in [6.07, 6.45) is 2.37. The van der Waals surface area contributed by atoms with E-state index < -0.39 is 0 Å². The molecule has 0 bridgehead atoms. The predicted molar refractivity (Wildman–Crippen MR) is 87.1 cm³/mol. The van der Waals surface area contributed by atoms with Crippen molar-refractivity contribution < 1.29 is 4.52 Å². The zero-order chi connectivity index (χ0) is 14.8. The molecule has 1 saturated heterocycles. The third kappa shape index (κ3) is 3.38. The number of nitrogens with zero attached hydrogens (tertiary/aromatic N) is 2. The molecule has 1 aliphatic rings. The molecule has 1 aromatic carbocycles. The molecule has 1 atom stereocenters. The van der Waals surface area contributed by atoms with Crippen LogP contribution in [0.3, 0.4) is 0 Å². The molecule has 3 nitrogen and oxygen atoms in total. The van der Waals surface area contributed by atoms with E-state index in [1.807, 2.05) is 0 Å². The van der Waals surface area contributed by atoms with Gasteiger partial charge >= 0.3 is 0 Å². The number of likely N-dealkylation sites (tertiary alicyclic amines) is 1. The first kappa shape index (κ1) is 14.8. The van der Waals surface area contributed by atoms with E-state index in [4.69, 9.17) is 4.52 Å². The standard InChI is InChI=1S/C17H21BrN2O/c1-12(2)15-10-17(21-19-15)16-7-4-8-20(16)11-13-5-3-6-14(18)9-13/h3,5-6,9-10,12,16H,4,7-8,11H2,1-2H3/t16-/m0/s1. The van der Waals surface area contributed by atoms with Crippen molar-refractivity contribution in [2.75, 3.05) is 6.54 Å². The minimum atomic E-state index is 0.365. The zero-order valence-corrected chi connectivity index (χ0v) is 14.1. The summed E-state index contributed by atoms with van der Waals surface area (Å²) in [5.74, 6) is 1.44. The van der Waals surface area contributed by atoms with Gasteiger partial charge in [-0.15, -0.1) is 0 Å². The van der Waals surface area contributed by atoms with Crippen molar-refractivity contribution in [2.24, 2.45) is 0 Å². The third-order valence-electron chi connectivity index (χ3n) is 4.10. The molecule has 112 valence electrons. The SMILES string of the molecule is CC(C)c1cc([C@@H]2CCCN2Cc2cccc(Br)c2)on1. The highest BCUT2D eigenvalue weighted by Gasteiger charge is 2.29. The quantitative estimate of drug-likeness (QED) is 0.786. The molecule has 2 aromatic rings. The van der Waals surface area contributed by atoms with Crippen LogP contribution in [-0.4, -0.2) is 16.6 Å². The van der Waals surface area contributed by atoms with Gasteiger partial charge in [-0.1, -0.05) is 47.1 Å². The second-order valence-electron chi connectivity index (χ2n) is 6.07. The number of aromatic nitrogens is 1. The van der Waals surface area contributed by atoms with Crippen molar-refractivity contribution in [2.45, 2.75) is 45.2 Å². The topological polar surface area (TPSA) is 29.3 Å². The fourth-order valence-corrected chi connectivity index (χ4v) is 3.39. The largest absolute Gasteiger partial charge is 0.359 e. The number of hydrogen-bond acceptors (Lipinski definition) is 3. The predicted octanol–water partition coefficient (Wildman–Crippen LogP) is 4.90. The van der Waals surface area contributed by atoms with Crippen LogP contribution in [0.15, 0.2) is 39.3 Å². The molecular formula is C17H21BrN2O. The van der Waals surface area contributed by atoms with Crippen molar-refractivity contribution in [3.8, 4) is 0 Å². The van der Waals surface area contributed by atoms with Crippen LogP contribution in [0.25, 0.3) is 0 Å². The number of benzene rings is 1. The van der Waals surface area contributed by atoms with Gasteiger partial charge < -0.3 is 4.52 Å². The van der Waals surface area contributed by atoms with Crippen LogP contribution in [0.5, 0.6) is 0 Å². The molecule has 0 aliphatic carbocycles. The minimum Gasteiger partial charge on any atom is -0.359 e. The normalized spacial score (nSPS) is 19.5. The molecule has 4 heteroatoms. The van der Waals surface area contributed by atoms with Gasteiger partial charge in [-0.2, -0.15) is 0 Å². The van der Waals surface area contributed by atoms with Crippen molar-refractivity contribution in [3.63, 3.8) is 0 Å². The highest BCUT2D eigenvalue weighted by Crippen LogP contribution is 2.34.